The Morgan fingerprint density at radius 2 is 1.71 bits per heavy atom. The molecule has 0 amide bonds. The van der Waals surface area contributed by atoms with E-state index in [4.69, 9.17) is 11.3 Å². The molecule has 0 heterocycles. The molecule has 2 heteroatoms. The average Bonchev–Trinajstić information content (AvgIpc) is 2.39. The Morgan fingerprint density at radius 3 is 2.47 bits per heavy atom. The van der Waals surface area contributed by atoms with Crippen molar-refractivity contribution in [2.75, 3.05) is 0 Å². The van der Waals surface area contributed by atoms with Crippen molar-refractivity contribution in [1.29, 1.82) is 0 Å². The fourth-order valence-corrected chi connectivity index (χ4v) is 1.57. The van der Waals surface area contributed by atoms with E-state index in [-0.39, 0.29) is 0 Å². The van der Waals surface area contributed by atoms with Crippen LogP contribution in [-0.4, -0.2) is 0 Å². The summed E-state index contributed by atoms with van der Waals surface area (Å²) in [4.78, 5) is 3.36. The Morgan fingerprint density at radius 1 is 0.941 bits per heavy atom. The molecule has 0 aliphatic rings. The van der Waals surface area contributed by atoms with Gasteiger partial charge in [-0.3, -0.25) is 0 Å². The van der Waals surface area contributed by atoms with E-state index in [1.54, 1.807) is 0 Å². The summed E-state index contributed by atoms with van der Waals surface area (Å²) in [6.45, 7) is 7.79. The van der Waals surface area contributed by atoms with E-state index >= 15 is 0 Å². The fraction of sp³-hybridized carbons (Fsp3) is 0.133. The molecule has 0 atom stereocenters. The largest absolute Gasteiger partial charge is 0.489 e. The maximum Gasteiger partial charge on any atom is 0.239 e. The lowest BCUT2D eigenvalue weighted by Gasteiger charge is -2.06. The maximum atomic E-state index is 6.83. The Kier molecular flexibility index (Phi) is 3.77. The second-order valence-electron chi connectivity index (χ2n) is 3.74. The minimum absolute atomic E-state index is 0.405. The highest BCUT2D eigenvalue weighted by Gasteiger charge is 1.99. The molecule has 0 aromatic heterocycles. The van der Waals surface area contributed by atoms with Gasteiger partial charge in [0.15, 0.2) is 0 Å². The Bertz CT molecular complexity index is 514. The second-order valence-corrected chi connectivity index (χ2v) is 3.74. The molecule has 2 aromatic carbocycles. The average molecular weight is 223 g/mol. The summed E-state index contributed by atoms with van der Waals surface area (Å²) in [5, 5.41) is 0. The lowest BCUT2D eigenvalue weighted by Crippen LogP contribution is -1.95. The normalized spacial score (nSPS) is 9.59. The monoisotopic (exact) mass is 223 g/mol. The van der Waals surface area contributed by atoms with Crippen LogP contribution < -0.4 is 4.74 Å². The Balaban J connectivity index is 2.00. The van der Waals surface area contributed by atoms with Crippen molar-refractivity contribution in [3.8, 4) is 5.75 Å². The molecule has 0 saturated heterocycles. The molecule has 0 N–H and O–H groups in total. The van der Waals surface area contributed by atoms with Gasteiger partial charge in [0.05, 0.1) is 0 Å². The van der Waals surface area contributed by atoms with Gasteiger partial charge in [0, 0.05) is 5.56 Å². The lowest BCUT2D eigenvalue weighted by molar-refractivity contribution is 0.306. The maximum absolute atomic E-state index is 6.83. The number of nitrogens with zero attached hydrogens (tertiary/aromatic N) is 1. The molecular formula is C15H13NO. The third-order valence-electron chi connectivity index (χ3n) is 2.41. The van der Waals surface area contributed by atoms with Crippen LogP contribution >= 0.6 is 0 Å². The molecule has 0 aliphatic heterocycles. The van der Waals surface area contributed by atoms with Crippen molar-refractivity contribution in [1.82, 2.24) is 0 Å². The minimum Gasteiger partial charge on any atom is -0.489 e. The Labute approximate surface area is 101 Å². The molecule has 0 spiro atoms. The van der Waals surface area contributed by atoms with E-state index in [9.17, 15) is 0 Å². The summed E-state index contributed by atoms with van der Waals surface area (Å²) in [6, 6.07) is 17.7. The van der Waals surface area contributed by atoms with Crippen molar-refractivity contribution in [2.24, 2.45) is 0 Å². The van der Waals surface area contributed by atoms with Gasteiger partial charge >= 0.3 is 0 Å². The van der Waals surface area contributed by atoms with Crippen molar-refractivity contribution < 1.29 is 4.74 Å². The first-order valence-corrected chi connectivity index (χ1v) is 5.47. The van der Waals surface area contributed by atoms with Crippen molar-refractivity contribution in [3.63, 3.8) is 0 Å². The number of hydrogen-bond acceptors (Lipinski definition) is 1. The van der Waals surface area contributed by atoms with Gasteiger partial charge in [0.1, 0.15) is 12.4 Å². The van der Waals surface area contributed by atoms with E-state index < -0.39 is 0 Å². The second kappa shape index (κ2) is 5.72. The number of hydrogen-bond donors (Lipinski definition) is 0. The molecular weight excluding hydrogens is 210 g/mol. The smallest absolute Gasteiger partial charge is 0.239 e. The van der Waals surface area contributed by atoms with Crippen LogP contribution in [0, 0.1) is 6.57 Å². The summed E-state index contributed by atoms with van der Waals surface area (Å²) in [6.07, 6.45) is 0. The highest BCUT2D eigenvalue weighted by atomic mass is 16.5. The molecule has 0 fully saturated rings. The van der Waals surface area contributed by atoms with Crippen LogP contribution in [0.4, 0.5) is 0 Å². The predicted molar refractivity (Wildman–Crippen MR) is 67.5 cm³/mol. The van der Waals surface area contributed by atoms with Crippen molar-refractivity contribution in [3.05, 3.63) is 77.1 Å². The van der Waals surface area contributed by atoms with Gasteiger partial charge < -0.3 is 9.58 Å². The molecule has 0 saturated carbocycles. The number of rotatable bonds is 4. The van der Waals surface area contributed by atoms with E-state index in [2.05, 4.69) is 4.85 Å². The van der Waals surface area contributed by atoms with E-state index in [1.807, 2.05) is 54.6 Å². The molecule has 2 nitrogen and oxygen atoms in total. The van der Waals surface area contributed by atoms with Gasteiger partial charge in [-0.05, 0) is 17.7 Å². The Hall–Kier alpha value is -2.27. The molecule has 0 radical (unpaired) electrons. The molecule has 0 unspecified atom stereocenters. The van der Waals surface area contributed by atoms with Crippen molar-refractivity contribution >= 4 is 0 Å². The third kappa shape index (κ3) is 3.35. The summed E-state index contributed by atoms with van der Waals surface area (Å²) in [5.74, 6) is 0.815. The van der Waals surface area contributed by atoms with E-state index in [1.165, 1.54) is 0 Å². The van der Waals surface area contributed by atoms with Crippen molar-refractivity contribution in [2.45, 2.75) is 13.2 Å². The van der Waals surface area contributed by atoms with E-state index in [0.717, 1.165) is 16.9 Å². The first-order chi connectivity index (χ1) is 8.38. The van der Waals surface area contributed by atoms with Gasteiger partial charge in [-0.15, -0.1) is 0 Å². The zero-order valence-corrected chi connectivity index (χ0v) is 9.47. The molecule has 17 heavy (non-hydrogen) atoms. The van der Waals surface area contributed by atoms with Crippen LogP contribution in [0.25, 0.3) is 4.85 Å². The molecule has 84 valence electrons. The SMILES string of the molecule is [C-]#[N+]Cc1cccc(OCc2ccccc2)c1. The lowest BCUT2D eigenvalue weighted by atomic mass is 10.2. The molecule has 2 aromatic rings. The van der Waals surface area contributed by atoms with Crippen LogP contribution in [0.15, 0.2) is 54.6 Å². The zero-order valence-electron chi connectivity index (χ0n) is 9.47. The fourth-order valence-electron chi connectivity index (χ4n) is 1.57. The summed E-state index contributed by atoms with van der Waals surface area (Å²) < 4.78 is 5.68. The van der Waals surface area contributed by atoms with Gasteiger partial charge in [-0.25, -0.2) is 6.57 Å². The minimum atomic E-state index is 0.405. The van der Waals surface area contributed by atoms with Gasteiger partial charge in [-0.2, -0.15) is 0 Å². The summed E-state index contributed by atoms with van der Waals surface area (Å²) in [7, 11) is 0. The first kappa shape index (κ1) is 11.2. The first-order valence-electron chi connectivity index (χ1n) is 5.47. The zero-order chi connectivity index (χ0) is 11.9. The highest BCUT2D eigenvalue weighted by molar-refractivity contribution is 5.29. The molecule has 0 bridgehead atoms. The number of benzene rings is 2. The van der Waals surface area contributed by atoms with Crippen LogP contribution in [0.3, 0.4) is 0 Å². The predicted octanol–water partition coefficient (Wildman–Crippen LogP) is 3.68. The van der Waals surface area contributed by atoms with Gasteiger partial charge in [-0.1, -0.05) is 42.5 Å². The quantitative estimate of drug-likeness (QED) is 0.721. The van der Waals surface area contributed by atoms with Crippen LogP contribution in [0.1, 0.15) is 11.1 Å². The molecule has 2 rings (SSSR count). The summed E-state index contributed by atoms with van der Waals surface area (Å²) in [5.41, 5.74) is 2.13. The third-order valence-corrected chi connectivity index (χ3v) is 2.41. The van der Waals surface area contributed by atoms with Crippen LogP contribution in [0.5, 0.6) is 5.75 Å². The summed E-state index contributed by atoms with van der Waals surface area (Å²) >= 11 is 0. The highest BCUT2D eigenvalue weighted by Crippen LogP contribution is 2.15. The van der Waals surface area contributed by atoms with Crippen LogP contribution in [0.2, 0.25) is 0 Å². The molecule has 0 aliphatic carbocycles. The van der Waals surface area contributed by atoms with Gasteiger partial charge in [0.25, 0.3) is 0 Å². The van der Waals surface area contributed by atoms with E-state index in [0.29, 0.717) is 13.2 Å². The number of ether oxygens (including phenoxy) is 1. The van der Waals surface area contributed by atoms with Gasteiger partial charge in [0.2, 0.25) is 6.54 Å². The topological polar surface area (TPSA) is 13.6 Å². The van der Waals surface area contributed by atoms with Crippen LogP contribution in [-0.2, 0) is 13.2 Å². The standard InChI is InChI=1S/C15H13NO/c1-16-11-14-8-5-9-15(10-14)17-12-13-6-3-2-4-7-13/h2-10H,11-12H2.